The van der Waals surface area contributed by atoms with Gasteiger partial charge in [-0.25, -0.2) is 18.1 Å². The number of guanidine groups is 1. The maximum Gasteiger partial charge on any atom is 0.216 e. The Morgan fingerprint density at radius 1 is 1.28 bits per heavy atom. The van der Waals surface area contributed by atoms with Crippen molar-refractivity contribution in [1.29, 1.82) is 0 Å². The van der Waals surface area contributed by atoms with Crippen LogP contribution in [0.15, 0.2) is 29.3 Å². The molecule has 0 unspecified atom stereocenters. The molecular weight excluding hydrogens is 455 g/mol. The quantitative estimate of drug-likeness (QED) is 0.362. The number of hydrogen-bond acceptors (Lipinski definition) is 4. The minimum atomic E-state index is -3.37. The second-order valence-corrected chi connectivity index (χ2v) is 7.83. The van der Waals surface area contributed by atoms with Gasteiger partial charge in [0.2, 0.25) is 10.0 Å². The zero-order valence-corrected chi connectivity index (χ0v) is 17.8. The Kier molecular flexibility index (Phi) is 9.11. The molecule has 0 radical (unpaired) electrons. The number of aliphatic imine (C=N–C) groups is 1. The molecular formula is C16H27IN4O3S. The van der Waals surface area contributed by atoms with E-state index in [1.165, 1.54) is 0 Å². The molecule has 142 valence electrons. The number of halogens is 1. The van der Waals surface area contributed by atoms with E-state index in [9.17, 15) is 8.42 Å². The molecule has 2 rings (SSSR count). The summed E-state index contributed by atoms with van der Waals surface area (Å²) < 4.78 is 32.2. The molecule has 9 heteroatoms. The van der Waals surface area contributed by atoms with Gasteiger partial charge in [0.15, 0.2) is 5.96 Å². The summed E-state index contributed by atoms with van der Waals surface area (Å²) in [7, 11) is -3.37. The monoisotopic (exact) mass is 482 g/mol. The van der Waals surface area contributed by atoms with Gasteiger partial charge in [0.25, 0.3) is 0 Å². The number of nitrogens with zero attached hydrogens (tertiary/aromatic N) is 2. The van der Waals surface area contributed by atoms with E-state index in [4.69, 9.17) is 10.5 Å². The van der Waals surface area contributed by atoms with Crippen LogP contribution in [0.5, 0.6) is 0 Å². The van der Waals surface area contributed by atoms with Crippen molar-refractivity contribution in [2.24, 2.45) is 10.7 Å². The van der Waals surface area contributed by atoms with E-state index in [2.05, 4.69) is 9.71 Å². The average molecular weight is 482 g/mol. The number of nitrogens with one attached hydrogen (secondary N) is 1. The van der Waals surface area contributed by atoms with Crippen LogP contribution in [-0.2, 0) is 27.1 Å². The lowest BCUT2D eigenvalue weighted by Crippen LogP contribution is -2.44. The van der Waals surface area contributed by atoms with Crippen LogP contribution in [0, 0.1) is 0 Å². The summed E-state index contributed by atoms with van der Waals surface area (Å²) in [6.45, 7) is 6.70. The number of sulfonamides is 1. The Labute approximate surface area is 167 Å². The zero-order chi connectivity index (χ0) is 17.6. The molecule has 1 aliphatic heterocycles. The van der Waals surface area contributed by atoms with Crippen LogP contribution in [0.25, 0.3) is 0 Å². The van der Waals surface area contributed by atoms with E-state index in [0.717, 1.165) is 24.2 Å². The first-order chi connectivity index (χ1) is 11.4. The van der Waals surface area contributed by atoms with Crippen molar-refractivity contribution >= 4 is 40.0 Å². The van der Waals surface area contributed by atoms with Gasteiger partial charge < -0.3 is 15.4 Å². The van der Waals surface area contributed by atoms with Gasteiger partial charge in [0.05, 0.1) is 25.5 Å². The predicted molar refractivity (Wildman–Crippen MR) is 110 cm³/mol. The lowest BCUT2D eigenvalue weighted by atomic mass is 10.1. The highest BCUT2D eigenvalue weighted by Gasteiger charge is 2.16. The van der Waals surface area contributed by atoms with Gasteiger partial charge in [-0.3, -0.25) is 0 Å². The Balaban J connectivity index is 0.00000312. The average Bonchev–Trinajstić information content (AvgIpc) is 2.53. The molecule has 3 N–H and O–H groups in total. The fourth-order valence-electron chi connectivity index (χ4n) is 2.52. The number of ether oxygens (including phenoxy) is 1. The first kappa shape index (κ1) is 22.1. The van der Waals surface area contributed by atoms with E-state index >= 15 is 0 Å². The van der Waals surface area contributed by atoms with E-state index in [1.807, 2.05) is 29.2 Å². The van der Waals surface area contributed by atoms with Crippen molar-refractivity contribution in [2.75, 3.05) is 26.3 Å². The van der Waals surface area contributed by atoms with E-state index in [1.54, 1.807) is 13.8 Å². The number of nitrogens with two attached hydrogens (primary N) is 1. The normalized spacial score (nSPS) is 16.0. The topological polar surface area (TPSA) is 97.0 Å². The third-order valence-corrected chi connectivity index (χ3v) is 5.15. The summed E-state index contributed by atoms with van der Waals surface area (Å²) in [6, 6.07) is 7.28. The summed E-state index contributed by atoms with van der Waals surface area (Å²) in [6.07, 6.45) is 0. The summed E-state index contributed by atoms with van der Waals surface area (Å²) in [5.74, 6) is 0.408. The third kappa shape index (κ3) is 7.47. The Hall–Kier alpha value is -0.910. The lowest BCUT2D eigenvalue weighted by molar-refractivity contribution is 0.0674. The zero-order valence-electron chi connectivity index (χ0n) is 14.6. The lowest BCUT2D eigenvalue weighted by Gasteiger charge is -2.27. The molecule has 1 aliphatic rings. The van der Waals surface area contributed by atoms with Crippen LogP contribution in [-0.4, -0.2) is 51.6 Å². The number of hydrogen-bond donors (Lipinski definition) is 2. The second kappa shape index (κ2) is 10.3. The van der Waals surface area contributed by atoms with Gasteiger partial charge in [-0.05, 0) is 25.0 Å². The summed E-state index contributed by atoms with van der Waals surface area (Å²) >= 11 is 0. The van der Waals surface area contributed by atoms with E-state index in [0.29, 0.717) is 25.7 Å². The predicted octanol–water partition coefficient (Wildman–Crippen LogP) is 1.28. The molecule has 0 amide bonds. The molecule has 1 fully saturated rings. The molecule has 0 saturated carbocycles. The molecule has 0 bridgehead atoms. The van der Waals surface area contributed by atoms with Gasteiger partial charge in [0.1, 0.15) is 0 Å². The summed E-state index contributed by atoms with van der Waals surface area (Å²) in [4.78, 5) is 6.39. The Morgan fingerprint density at radius 3 is 2.48 bits per heavy atom. The molecule has 1 heterocycles. The SMILES string of the molecule is CC(C)NS(=O)(=O)Cc1ccccc1CN=C(N)N1CCOCC1.I. The largest absolute Gasteiger partial charge is 0.378 e. The molecule has 0 aromatic heterocycles. The van der Waals surface area contributed by atoms with Crippen LogP contribution < -0.4 is 10.5 Å². The molecule has 0 spiro atoms. The van der Waals surface area contributed by atoms with Crippen LogP contribution in [0.1, 0.15) is 25.0 Å². The van der Waals surface area contributed by atoms with Gasteiger partial charge in [0, 0.05) is 19.1 Å². The second-order valence-electron chi connectivity index (χ2n) is 6.07. The fourth-order valence-corrected chi connectivity index (χ4v) is 4.01. The number of rotatable bonds is 6. The molecule has 7 nitrogen and oxygen atoms in total. The highest BCUT2D eigenvalue weighted by molar-refractivity contribution is 14.0. The third-order valence-electron chi connectivity index (χ3n) is 3.63. The highest BCUT2D eigenvalue weighted by Crippen LogP contribution is 2.14. The summed E-state index contributed by atoms with van der Waals surface area (Å²) in [5, 5.41) is 0. The van der Waals surface area contributed by atoms with Crippen LogP contribution in [0.2, 0.25) is 0 Å². The number of benzene rings is 1. The molecule has 1 aromatic carbocycles. The molecule has 1 saturated heterocycles. The van der Waals surface area contributed by atoms with E-state index < -0.39 is 10.0 Å². The van der Waals surface area contributed by atoms with E-state index in [-0.39, 0.29) is 35.8 Å². The highest BCUT2D eigenvalue weighted by atomic mass is 127. The summed E-state index contributed by atoms with van der Waals surface area (Å²) in [5.41, 5.74) is 7.63. The first-order valence-electron chi connectivity index (χ1n) is 8.07. The minimum Gasteiger partial charge on any atom is -0.378 e. The van der Waals surface area contributed by atoms with Crippen LogP contribution >= 0.6 is 24.0 Å². The fraction of sp³-hybridized carbons (Fsp3) is 0.562. The molecule has 0 atom stereocenters. The Morgan fingerprint density at radius 2 is 1.88 bits per heavy atom. The van der Waals surface area contributed by atoms with Crippen molar-refractivity contribution < 1.29 is 13.2 Å². The van der Waals surface area contributed by atoms with Gasteiger partial charge in [-0.1, -0.05) is 24.3 Å². The van der Waals surface area contributed by atoms with Crippen molar-refractivity contribution in [3.05, 3.63) is 35.4 Å². The standard InChI is InChI=1S/C16H26N4O3S.HI/c1-13(2)19-24(21,22)12-15-6-4-3-5-14(15)11-18-16(17)20-7-9-23-10-8-20;/h3-6,13,19H,7-12H2,1-2H3,(H2,17,18);1H. The van der Waals surface area contributed by atoms with Crippen LogP contribution in [0.3, 0.4) is 0 Å². The smallest absolute Gasteiger partial charge is 0.216 e. The maximum absolute atomic E-state index is 12.2. The molecule has 0 aliphatic carbocycles. The van der Waals surface area contributed by atoms with Gasteiger partial charge in [-0.15, -0.1) is 24.0 Å². The van der Waals surface area contributed by atoms with Crippen molar-refractivity contribution in [2.45, 2.75) is 32.2 Å². The first-order valence-corrected chi connectivity index (χ1v) is 9.72. The van der Waals surface area contributed by atoms with Crippen molar-refractivity contribution in [3.8, 4) is 0 Å². The number of morpholine rings is 1. The molecule has 25 heavy (non-hydrogen) atoms. The van der Waals surface area contributed by atoms with Gasteiger partial charge in [-0.2, -0.15) is 0 Å². The minimum absolute atomic E-state index is 0. The maximum atomic E-state index is 12.2. The molecule has 1 aromatic rings. The van der Waals surface area contributed by atoms with Crippen molar-refractivity contribution in [3.63, 3.8) is 0 Å². The van der Waals surface area contributed by atoms with Crippen LogP contribution in [0.4, 0.5) is 0 Å². The Bertz CT molecular complexity index is 674. The van der Waals surface area contributed by atoms with Crippen molar-refractivity contribution in [1.82, 2.24) is 9.62 Å². The van der Waals surface area contributed by atoms with Gasteiger partial charge >= 0.3 is 0 Å².